The van der Waals surface area contributed by atoms with Crippen molar-refractivity contribution in [1.82, 2.24) is 5.32 Å². The van der Waals surface area contributed by atoms with Crippen molar-refractivity contribution >= 4 is 0 Å². The van der Waals surface area contributed by atoms with Crippen molar-refractivity contribution in [1.29, 1.82) is 0 Å². The lowest BCUT2D eigenvalue weighted by Gasteiger charge is -2.29. The van der Waals surface area contributed by atoms with Gasteiger partial charge in [-0.2, -0.15) is 0 Å². The second-order valence-electron chi connectivity index (χ2n) is 5.47. The number of hydrogen-bond acceptors (Lipinski definition) is 3. The zero-order chi connectivity index (χ0) is 14.4. The average molecular weight is 277 g/mol. The van der Waals surface area contributed by atoms with E-state index in [0.29, 0.717) is 5.92 Å². The van der Waals surface area contributed by atoms with E-state index in [2.05, 4.69) is 37.4 Å². The number of hydrogen-bond donors (Lipinski definition) is 1. The lowest BCUT2D eigenvalue weighted by atomic mass is 9.97. The van der Waals surface area contributed by atoms with Gasteiger partial charge in [-0.3, -0.25) is 0 Å². The van der Waals surface area contributed by atoms with Gasteiger partial charge in [0.05, 0.1) is 19.3 Å². The van der Waals surface area contributed by atoms with E-state index >= 15 is 0 Å². The Morgan fingerprint density at radius 1 is 1.30 bits per heavy atom. The molecule has 2 rings (SSSR count). The van der Waals surface area contributed by atoms with E-state index in [1.54, 1.807) is 7.11 Å². The van der Waals surface area contributed by atoms with Gasteiger partial charge in [-0.25, -0.2) is 0 Å². The molecule has 1 N–H and O–H groups in total. The molecule has 0 aliphatic heterocycles. The van der Waals surface area contributed by atoms with E-state index in [4.69, 9.17) is 9.47 Å². The Kier molecular flexibility index (Phi) is 5.86. The predicted octanol–water partition coefficient (Wildman–Crippen LogP) is 3.55. The van der Waals surface area contributed by atoms with Gasteiger partial charge in [0.25, 0.3) is 0 Å². The minimum atomic E-state index is 0.262. The number of ether oxygens (including phenoxy) is 2. The lowest BCUT2D eigenvalue weighted by Crippen LogP contribution is -2.36. The molecule has 3 nitrogen and oxygen atoms in total. The number of methoxy groups -OCH3 is 1. The molecule has 0 amide bonds. The molecule has 0 aromatic heterocycles. The van der Waals surface area contributed by atoms with Crippen LogP contribution < -0.4 is 10.1 Å². The third-order valence-corrected chi connectivity index (χ3v) is 3.84. The minimum absolute atomic E-state index is 0.262. The van der Waals surface area contributed by atoms with Crippen LogP contribution in [-0.4, -0.2) is 26.4 Å². The van der Waals surface area contributed by atoms with Gasteiger partial charge in [0.1, 0.15) is 5.75 Å². The van der Waals surface area contributed by atoms with Crippen LogP contribution in [0, 0.1) is 5.92 Å². The SMILES string of the molecule is CCCNC(c1cccc(OC)c1)C(OCC)C1CC1. The molecule has 112 valence electrons. The molecule has 0 radical (unpaired) electrons. The molecular weight excluding hydrogens is 250 g/mol. The van der Waals surface area contributed by atoms with Gasteiger partial charge in [-0.05, 0) is 56.3 Å². The Labute approximate surface area is 122 Å². The molecule has 1 aliphatic carbocycles. The van der Waals surface area contributed by atoms with Crippen molar-refractivity contribution < 1.29 is 9.47 Å². The van der Waals surface area contributed by atoms with Crippen molar-refractivity contribution in [2.75, 3.05) is 20.3 Å². The first kappa shape index (κ1) is 15.3. The van der Waals surface area contributed by atoms with Crippen LogP contribution in [0.4, 0.5) is 0 Å². The molecule has 1 aromatic carbocycles. The Bertz CT molecular complexity index is 404. The third kappa shape index (κ3) is 3.97. The van der Waals surface area contributed by atoms with E-state index in [0.717, 1.165) is 25.3 Å². The van der Waals surface area contributed by atoms with E-state index in [9.17, 15) is 0 Å². The summed E-state index contributed by atoms with van der Waals surface area (Å²) in [6.07, 6.45) is 3.99. The zero-order valence-electron chi connectivity index (χ0n) is 12.9. The number of benzene rings is 1. The first-order chi connectivity index (χ1) is 9.80. The molecule has 0 spiro atoms. The molecule has 1 aliphatic rings. The molecule has 0 heterocycles. The molecule has 1 saturated carbocycles. The fourth-order valence-corrected chi connectivity index (χ4v) is 2.68. The standard InChI is InChI=1S/C17H27NO2/c1-4-11-18-16(17(20-5-2)13-9-10-13)14-7-6-8-15(12-14)19-3/h6-8,12-13,16-18H,4-5,9-11H2,1-3H3. The van der Waals surface area contributed by atoms with Crippen molar-refractivity contribution in [3.05, 3.63) is 29.8 Å². The number of nitrogens with one attached hydrogen (secondary N) is 1. The van der Waals surface area contributed by atoms with Crippen LogP contribution in [0.1, 0.15) is 44.7 Å². The molecular formula is C17H27NO2. The van der Waals surface area contributed by atoms with Crippen LogP contribution in [0.5, 0.6) is 5.75 Å². The summed E-state index contributed by atoms with van der Waals surface area (Å²) in [4.78, 5) is 0. The van der Waals surface area contributed by atoms with Crippen molar-refractivity contribution in [2.24, 2.45) is 5.92 Å². The first-order valence-corrected chi connectivity index (χ1v) is 7.79. The monoisotopic (exact) mass is 277 g/mol. The third-order valence-electron chi connectivity index (χ3n) is 3.84. The summed E-state index contributed by atoms with van der Waals surface area (Å²) in [5.41, 5.74) is 1.27. The quantitative estimate of drug-likeness (QED) is 0.749. The molecule has 1 aromatic rings. The molecule has 1 fully saturated rings. The van der Waals surface area contributed by atoms with Crippen molar-refractivity contribution in [3.8, 4) is 5.75 Å². The maximum absolute atomic E-state index is 6.05. The Morgan fingerprint density at radius 3 is 2.70 bits per heavy atom. The van der Waals surface area contributed by atoms with E-state index in [1.807, 2.05) is 6.07 Å². The van der Waals surface area contributed by atoms with Crippen molar-refractivity contribution in [2.45, 2.75) is 45.3 Å². The Morgan fingerprint density at radius 2 is 2.10 bits per heavy atom. The van der Waals surface area contributed by atoms with Gasteiger partial charge in [-0.1, -0.05) is 19.1 Å². The highest BCUT2D eigenvalue weighted by molar-refractivity contribution is 5.31. The maximum Gasteiger partial charge on any atom is 0.119 e. The smallest absolute Gasteiger partial charge is 0.119 e. The zero-order valence-corrected chi connectivity index (χ0v) is 12.9. The molecule has 2 atom stereocenters. The summed E-state index contributed by atoms with van der Waals surface area (Å²) >= 11 is 0. The van der Waals surface area contributed by atoms with Crippen LogP contribution in [0.25, 0.3) is 0 Å². The van der Waals surface area contributed by atoms with Crippen LogP contribution >= 0.6 is 0 Å². The van der Waals surface area contributed by atoms with E-state index in [-0.39, 0.29) is 12.1 Å². The molecule has 20 heavy (non-hydrogen) atoms. The minimum Gasteiger partial charge on any atom is -0.497 e. The van der Waals surface area contributed by atoms with Crippen LogP contribution in [-0.2, 0) is 4.74 Å². The summed E-state index contributed by atoms with van der Waals surface area (Å²) in [5, 5.41) is 3.66. The second kappa shape index (κ2) is 7.65. The summed E-state index contributed by atoms with van der Waals surface area (Å²) in [6.45, 7) is 6.06. The molecule has 2 unspecified atom stereocenters. The first-order valence-electron chi connectivity index (χ1n) is 7.79. The summed E-state index contributed by atoms with van der Waals surface area (Å²) in [6, 6.07) is 8.61. The second-order valence-corrected chi connectivity index (χ2v) is 5.47. The predicted molar refractivity (Wildman–Crippen MR) is 82.2 cm³/mol. The fraction of sp³-hybridized carbons (Fsp3) is 0.647. The lowest BCUT2D eigenvalue weighted by molar-refractivity contribution is 0.0185. The topological polar surface area (TPSA) is 30.5 Å². The van der Waals surface area contributed by atoms with Crippen LogP contribution in [0.15, 0.2) is 24.3 Å². The largest absolute Gasteiger partial charge is 0.497 e. The fourth-order valence-electron chi connectivity index (χ4n) is 2.68. The summed E-state index contributed by atoms with van der Waals surface area (Å²) < 4.78 is 11.4. The summed E-state index contributed by atoms with van der Waals surface area (Å²) in [5.74, 6) is 1.62. The average Bonchev–Trinajstić information content (AvgIpc) is 3.31. The van der Waals surface area contributed by atoms with Gasteiger partial charge < -0.3 is 14.8 Å². The molecule has 0 saturated heterocycles. The Balaban J connectivity index is 2.19. The van der Waals surface area contributed by atoms with Crippen LogP contribution in [0.3, 0.4) is 0 Å². The highest BCUT2D eigenvalue weighted by Crippen LogP contribution is 2.40. The van der Waals surface area contributed by atoms with Crippen molar-refractivity contribution in [3.63, 3.8) is 0 Å². The van der Waals surface area contributed by atoms with E-state index in [1.165, 1.54) is 18.4 Å². The van der Waals surface area contributed by atoms with Gasteiger partial charge in [-0.15, -0.1) is 0 Å². The maximum atomic E-state index is 6.05. The molecule has 0 bridgehead atoms. The molecule has 3 heteroatoms. The normalized spacial score (nSPS) is 17.8. The van der Waals surface area contributed by atoms with Gasteiger partial charge in [0.15, 0.2) is 0 Å². The van der Waals surface area contributed by atoms with Gasteiger partial charge in [0, 0.05) is 6.61 Å². The highest BCUT2D eigenvalue weighted by atomic mass is 16.5. The Hall–Kier alpha value is -1.06. The highest BCUT2D eigenvalue weighted by Gasteiger charge is 2.37. The van der Waals surface area contributed by atoms with Gasteiger partial charge >= 0.3 is 0 Å². The van der Waals surface area contributed by atoms with Gasteiger partial charge in [0.2, 0.25) is 0 Å². The number of rotatable bonds is 9. The van der Waals surface area contributed by atoms with Crippen LogP contribution in [0.2, 0.25) is 0 Å². The summed E-state index contributed by atoms with van der Waals surface area (Å²) in [7, 11) is 1.72. The van der Waals surface area contributed by atoms with E-state index < -0.39 is 0 Å².